The van der Waals surface area contributed by atoms with E-state index in [9.17, 15) is 0 Å². The van der Waals surface area contributed by atoms with Crippen LogP contribution in [-0.2, 0) is 6.54 Å². The molecule has 1 aromatic carbocycles. The van der Waals surface area contributed by atoms with Gasteiger partial charge < -0.3 is 19.9 Å². The van der Waals surface area contributed by atoms with Crippen molar-refractivity contribution >= 4 is 0 Å². The Kier molecular flexibility index (Phi) is 5.80. The molecular formula is C13H21NO3. The van der Waals surface area contributed by atoms with Gasteiger partial charge in [0.15, 0.2) is 11.5 Å². The fourth-order valence-corrected chi connectivity index (χ4v) is 1.46. The van der Waals surface area contributed by atoms with E-state index >= 15 is 0 Å². The summed E-state index contributed by atoms with van der Waals surface area (Å²) in [5.74, 6) is 1.50. The van der Waals surface area contributed by atoms with E-state index in [0.717, 1.165) is 17.1 Å². The Morgan fingerprint density at radius 2 is 2.12 bits per heavy atom. The van der Waals surface area contributed by atoms with Gasteiger partial charge in [0.05, 0.1) is 20.3 Å². The fraction of sp³-hybridized carbons (Fsp3) is 0.538. The maximum atomic E-state index is 8.93. The first kappa shape index (κ1) is 13.8. The standard InChI is InChI=1S/C13H21NO3/c1-4-17-13-7-11(5-6-12(13)16-3)8-14-10(2)9-15/h5-7,10,14-15H,4,8-9H2,1-3H3/t10-/m1/s1. The average molecular weight is 239 g/mol. The third kappa shape index (κ3) is 4.24. The molecule has 1 rings (SSSR count). The molecular weight excluding hydrogens is 218 g/mol. The van der Waals surface area contributed by atoms with Crippen LogP contribution in [0, 0.1) is 0 Å². The molecule has 0 radical (unpaired) electrons. The second-order valence-electron chi connectivity index (χ2n) is 3.88. The van der Waals surface area contributed by atoms with Gasteiger partial charge in [0.2, 0.25) is 0 Å². The van der Waals surface area contributed by atoms with Crippen molar-refractivity contribution in [3.63, 3.8) is 0 Å². The average Bonchev–Trinajstić information content (AvgIpc) is 2.36. The maximum Gasteiger partial charge on any atom is 0.161 e. The minimum Gasteiger partial charge on any atom is -0.493 e. The summed E-state index contributed by atoms with van der Waals surface area (Å²) in [6.45, 7) is 5.33. The van der Waals surface area contributed by atoms with Crippen molar-refractivity contribution < 1.29 is 14.6 Å². The quantitative estimate of drug-likeness (QED) is 0.758. The van der Waals surface area contributed by atoms with Gasteiger partial charge in [0.1, 0.15) is 0 Å². The molecule has 0 spiro atoms. The summed E-state index contributed by atoms with van der Waals surface area (Å²) < 4.78 is 10.7. The molecule has 0 amide bonds. The summed E-state index contributed by atoms with van der Waals surface area (Å²) in [5, 5.41) is 12.1. The Morgan fingerprint density at radius 1 is 1.35 bits per heavy atom. The number of nitrogens with one attached hydrogen (secondary N) is 1. The highest BCUT2D eigenvalue weighted by Gasteiger charge is 2.06. The highest BCUT2D eigenvalue weighted by Crippen LogP contribution is 2.27. The molecule has 0 aliphatic heterocycles. The fourth-order valence-electron chi connectivity index (χ4n) is 1.46. The predicted octanol–water partition coefficient (Wildman–Crippen LogP) is 1.56. The highest BCUT2D eigenvalue weighted by atomic mass is 16.5. The van der Waals surface area contributed by atoms with E-state index in [2.05, 4.69) is 5.32 Å². The van der Waals surface area contributed by atoms with Crippen LogP contribution in [0.2, 0.25) is 0 Å². The molecule has 0 saturated carbocycles. The second-order valence-corrected chi connectivity index (χ2v) is 3.88. The number of hydrogen-bond acceptors (Lipinski definition) is 4. The first-order valence-electron chi connectivity index (χ1n) is 5.85. The van der Waals surface area contributed by atoms with Crippen molar-refractivity contribution in [3.8, 4) is 11.5 Å². The van der Waals surface area contributed by atoms with Gasteiger partial charge in [0.25, 0.3) is 0 Å². The van der Waals surface area contributed by atoms with Crippen molar-refractivity contribution in [1.29, 1.82) is 0 Å². The summed E-state index contributed by atoms with van der Waals surface area (Å²) in [6.07, 6.45) is 0. The van der Waals surface area contributed by atoms with Gasteiger partial charge in [-0.05, 0) is 31.5 Å². The van der Waals surface area contributed by atoms with Crippen LogP contribution in [0.25, 0.3) is 0 Å². The molecule has 0 heterocycles. The molecule has 1 aromatic rings. The van der Waals surface area contributed by atoms with Gasteiger partial charge in [-0.2, -0.15) is 0 Å². The van der Waals surface area contributed by atoms with E-state index in [-0.39, 0.29) is 12.6 Å². The Hall–Kier alpha value is -1.26. The van der Waals surface area contributed by atoms with Gasteiger partial charge in [-0.15, -0.1) is 0 Å². The topological polar surface area (TPSA) is 50.7 Å². The SMILES string of the molecule is CCOc1cc(CN[C@H](C)CO)ccc1OC. The van der Waals surface area contributed by atoms with Crippen LogP contribution in [0.1, 0.15) is 19.4 Å². The molecule has 0 unspecified atom stereocenters. The van der Waals surface area contributed by atoms with Gasteiger partial charge in [0, 0.05) is 12.6 Å². The number of ether oxygens (including phenoxy) is 2. The molecule has 0 fully saturated rings. The van der Waals surface area contributed by atoms with Crippen molar-refractivity contribution in [2.75, 3.05) is 20.3 Å². The van der Waals surface area contributed by atoms with Gasteiger partial charge in [-0.3, -0.25) is 0 Å². The zero-order chi connectivity index (χ0) is 12.7. The predicted molar refractivity (Wildman–Crippen MR) is 67.6 cm³/mol. The lowest BCUT2D eigenvalue weighted by molar-refractivity contribution is 0.251. The van der Waals surface area contributed by atoms with Crippen molar-refractivity contribution in [2.45, 2.75) is 26.4 Å². The normalized spacial score (nSPS) is 12.2. The van der Waals surface area contributed by atoms with E-state index in [0.29, 0.717) is 13.2 Å². The van der Waals surface area contributed by atoms with Crippen LogP contribution < -0.4 is 14.8 Å². The zero-order valence-electron chi connectivity index (χ0n) is 10.7. The van der Waals surface area contributed by atoms with Gasteiger partial charge >= 0.3 is 0 Å². The van der Waals surface area contributed by atoms with E-state index < -0.39 is 0 Å². The molecule has 4 nitrogen and oxygen atoms in total. The second kappa shape index (κ2) is 7.14. The largest absolute Gasteiger partial charge is 0.493 e. The molecule has 0 bridgehead atoms. The molecule has 0 aromatic heterocycles. The van der Waals surface area contributed by atoms with E-state index in [1.54, 1.807) is 7.11 Å². The summed E-state index contributed by atoms with van der Waals surface area (Å²) in [5.41, 5.74) is 1.11. The van der Waals surface area contributed by atoms with Crippen molar-refractivity contribution in [2.24, 2.45) is 0 Å². The maximum absolute atomic E-state index is 8.93. The molecule has 17 heavy (non-hydrogen) atoms. The van der Waals surface area contributed by atoms with Crippen LogP contribution in [-0.4, -0.2) is 31.5 Å². The molecule has 0 aliphatic carbocycles. The zero-order valence-corrected chi connectivity index (χ0v) is 10.7. The van der Waals surface area contributed by atoms with Crippen LogP contribution in [0.3, 0.4) is 0 Å². The van der Waals surface area contributed by atoms with Gasteiger partial charge in [-0.25, -0.2) is 0 Å². The number of aliphatic hydroxyl groups excluding tert-OH is 1. The summed E-state index contributed by atoms with van der Waals surface area (Å²) in [6, 6.07) is 5.93. The third-order valence-corrected chi connectivity index (χ3v) is 2.46. The number of hydrogen-bond donors (Lipinski definition) is 2. The molecule has 1 atom stereocenters. The summed E-state index contributed by atoms with van der Waals surface area (Å²) in [7, 11) is 1.63. The molecule has 0 saturated heterocycles. The van der Waals surface area contributed by atoms with Crippen LogP contribution in [0.4, 0.5) is 0 Å². The van der Waals surface area contributed by atoms with Gasteiger partial charge in [-0.1, -0.05) is 6.07 Å². The van der Waals surface area contributed by atoms with Crippen molar-refractivity contribution in [1.82, 2.24) is 5.32 Å². The lowest BCUT2D eigenvalue weighted by atomic mass is 10.2. The Labute approximate surface area is 103 Å². The Bertz CT molecular complexity index is 341. The number of aliphatic hydroxyl groups is 1. The summed E-state index contributed by atoms with van der Waals surface area (Å²) in [4.78, 5) is 0. The number of methoxy groups -OCH3 is 1. The minimum absolute atomic E-state index is 0.0904. The van der Waals surface area contributed by atoms with Crippen molar-refractivity contribution in [3.05, 3.63) is 23.8 Å². The molecule has 4 heteroatoms. The number of benzene rings is 1. The molecule has 96 valence electrons. The van der Waals surface area contributed by atoms with Crippen LogP contribution in [0.15, 0.2) is 18.2 Å². The number of rotatable bonds is 7. The first-order valence-corrected chi connectivity index (χ1v) is 5.85. The molecule has 2 N–H and O–H groups in total. The van der Waals surface area contributed by atoms with Crippen LogP contribution in [0.5, 0.6) is 11.5 Å². The van der Waals surface area contributed by atoms with E-state index in [1.807, 2.05) is 32.0 Å². The van der Waals surface area contributed by atoms with E-state index in [1.165, 1.54) is 0 Å². The Morgan fingerprint density at radius 3 is 2.71 bits per heavy atom. The Balaban J connectivity index is 2.70. The lowest BCUT2D eigenvalue weighted by Gasteiger charge is -2.13. The third-order valence-electron chi connectivity index (χ3n) is 2.46. The minimum atomic E-state index is 0.0904. The first-order chi connectivity index (χ1) is 8.21. The van der Waals surface area contributed by atoms with E-state index in [4.69, 9.17) is 14.6 Å². The van der Waals surface area contributed by atoms with Crippen LogP contribution >= 0.6 is 0 Å². The summed E-state index contributed by atoms with van der Waals surface area (Å²) >= 11 is 0. The highest BCUT2D eigenvalue weighted by molar-refractivity contribution is 5.42. The molecule has 0 aliphatic rings. The lowest BCUT2D eigenvalue weighted by Crippen LogP contribution is -2.28. The smallest absolute Gasteiger partial charge is 0.161 e. The monoisotopic (exact) mass is 239 g/mol.